The molecule has 0 bridgehead atoms. The highest BCUT2D eigenvalue weighted by Crippen LogP contribution is 2.28. The van der Waals surface area contributed by atoms with Gasteiger partial charge in [-0.25, -0.2) is 23.1 Å². The maximum absolute atomic E-state index is 12.9. The molecule has 0 amide bonds. The number of aryl methyl sites for hydroxylation is 1. The van der Waals surface area contributed by atoms with Gasteiger partial charge in [-0.05, 0) is 36.2 Å². The molecule has 0 saturated heterocycles. The van der Waals surface area contributed by atoms with Crippen molar-refractivity contribution >= 4 is 26.7 Å². The summed E-state index contributed by atoms with van der Waals surface area (Å²) in [5, 5.41) is 3.25. The van der Waals surface area contributed by atoms with Crippen LogP contribution in [0.1, 0.15) is 17.2 Å². The van der Waals surface area contributed by atoms with Gasteiger partial charge in [0.25, 0.3) is 5.56 Å². The second-order valence-corrected chi connectivity index (χ2v) is 10.3. The molecule has 0 saturated carbocycles. The standard InChI is InChI=1S/C25H25N7O3S/c1-16-12-18(32-11-10-26-15-32)13-20-23(16)30-24(29-20)22-19(8-9-27-25(22)33)28-14-21(31-36(2,34)35)17-6-4-3-5-7-17/h3-13,15,21,31H,14H2,1-2H3,(H,29,30)(H2,27,28,33). The van der Waals surface area contributed by atoms with Crippen LogP contribution in [0.2, 0.25) is 0 Å². The first-order chi connectivity index (χ1) is 17.3. The minimum atomic E-state index is -3.47. The number of imidazole rings is 2. The van der Waals surface area contributed by atoms with Crippen LogP contribution in [0.5, 0.6) is 0 Å². The normalized spacial score (nSPS) is 12.6. The molecule has 36 heavy (non-hydrogen) atoms. The third-order valence-electron chi connectivity index (χ3n) is 5.82. The Bertz CT molecular complexity index is 1670. The summed E-state index contributed by atoms with van der Waals surface area (Å²) in [6.45, 7) is 2.18. The average molecular weight is 504 g/mol. The average Bonchev–Trinajstić information content (AvgIpc) is 3.52. The lowest BCUT2D eigenvalue weighted by Gasteiger charge is -2.20. The van der Waals surface area contributed by atoms with Gasteiger partial charge >= 0.3 is 0 Å². The Hall–Kier alpha value is -4.22. The van der Waals surface area contributed by atoms with E-state index in [0.29, 0.717) is 17.1 Å². The van der Waals surface area contributed by atoms with E-state index in [4.69, 9.17) is 4.98 Å². The Balaban J connectivity index is 1.51. The topological polar surface area (TPSA) is 138 Å². The van der Waals surface area contributed by atoms with Crippen molar-refractivity contribution in [3.8, 4) is 17.1 Å². The molecule has 0 aliphatic heterocycles. The number of hydrogen-bond donors (Lipinski definition) is 4. The first-order valence-electron chi connectivity index (χ1n) is 11.3. The van der Waals surface area contributed by atoms with Crippen LogP contribution in [0.4, 0.5) is 5.69 Å². The molecule has 0 spiro atoms. The van der Waals surface area contributed by atoms with Gasteiger partial charge in [0.1, 0.15) is 11.4 Å². The SMILES string of the molecule is Cc1cc(-n2ccnc2)cc2[nH]c(-c3c(NCC(NS(C)(=O)=O)c4ccccc4)cc[nH]c3=O)nc12. The molecule has 2 aromatic carbocycles. The largest absolute Gasteiger partial charge is 0.382 e. The number of benzene rings is 2. The first kappa shape index (κ1) is 23.5. The lowest BCUT2D eigenvalue weighted by molar-refractivity contribution is 0.568. The fourth-order valence-electron chi connectivity index (χ4n) is 4.20. The fraction of sp³-hybridized carbons (Fsp3) is 0.160. The van der Waals surface area contributed by atoms with Gasteiger partial charge in [-0.15, -0.1) is 0 Å². The summed E-state index contributed by atoms with van der Waals surface area (Å²) in [5.74, 6) is 0.410. The molecule has 1 atom stereocenters. The van der Waals surface area contributed by atoms with E-state index in [1.54, 1.807) is 24.8 Å². The molecule has 1 unspecified atom stereocenters. The van der Waals surface area contributed by atoms with E-state index in [9.17, 15) is 13.2 Å². The molecular weight excluding hydrogens is 478 g/mol. The lowest BCUT2D eigenvalue weighted by Crippen LogP contribution is -2.32. The highest BCUT2D eigenvalue weighted by Gasteiger charge is 2.19. The zero-order chi connectivity index (χ0) is 25.3. The number of aromatic nitrogens is 5. The van der Waals surface area contributed by atoms with Crippen molar-refractivity contribution in [3.63, 3.8) is 0 Å². The molecule has 10 nitrogen and oxygen atoms in total. The number of nitrogens with zero attached hydrogens (tertiary/aromatic N) is 3. The number of hydrogen-bond acceptors (Lipinski definition) is 6. The van der Waals surface area contributed by atoms with Gasteiger partial charge in [-0.3, -0.25) is 4.79 Å². The van der Waals surface area contributed by atoms with Crippen LogP contribution >= 0.6 is 0 Å². The zero-order valence-electron chi connectivity index (χ0n) is 19.7. The fourth-order valence-corrected chi connectivity index (χ4v) is 4.93. The molecule has 3 heterocycles. The van der Waals surface area contributed by atoms with Crippen LogP contribution in [0.15, 0.2) is 78.2 Å². The van der Waals surface area contributed by atoms with Crippen molar-refractivity contribution in [1.29, 1.82) is 0 Å². The van der Waals surface area contributed by atoms with Crippen molar-refractivity contribution in [2.75, 3.05) is 18.1 Å². The molecule has 0 radical (unpaired) electrons. The van der Waals surface area contributed by atoms with Crippen LogP contribution in [-0.4, -0.2) is 45.7 Å². The molecule has 0 aliphatic rings. The molecule has 11 heteroatoms. The van der Waals surface area contributed by atoms with E-state index in [1.807, 2.05) is 60.2 Å². The Labute approximate surface area is 207 Å². The summed E-state index contributed by atoms with van der Waals surface area (Å²) < 4.78 is 28.6. The molecular formula is C25H25N7O3S. The second-order valence-electron chi connectivity index (χ2n) is 8.54. The van der Waals surface area contributed by atoms with Crippen LogP contribution in [0.3, 0.4) is 0 Å². The highest BCUT2D eigenvalue weighted by atomic mass is 32.2. The van der Waals surface area contributed by atoms with E-state index in [0.717, 1.165) is 34.1 Å². The summed E-state index contributed by atoms with van der Waals surface area (Å²) in [5.41, 5.74) is 4.75. The van der Waals surface area contributed by atoms with Gasteiger partial charge in [0.15, 0.2) is 0 Å². The van der Waals surface area contributed by atoms with Gasteiger partial charge in [-0.2, -0.15) is 0 Å². The van der Waals surface area contributed by atoms with E-state index in [-0.39, 0.29) is 12.1 Å². The number of H-pyrrole nitrogens is 2. The van der Waals surface area contributed by atoms with Gasteiger partial charge in [0, 0.05) is 30.8 Å². The van der Waals surface area contributed by atoms with Crippen LogP contribution < -0.4 is 15.6 Å². The first-order valence-corrected chi connectivity index (χ1v) is 13.1. The third-order valence-corrected chi connectivity index (χ3v) is 6.53. The number of sulfonamides is 1. The monoisotopic (exact) mass is 503 g/mol. The number of anilines is 1. The van der Waals surface area contributed by atoms with Gasteiger partial charge in [-0.1, -0.05) is 30.3 Å². The van der Waals surface area contributed by atoms with Crippen molar-refractivity contribution in [3.05, 3.63) is 94.9 Å². The maximum Gasteiger partial charge on any atom is 0.261 e. The van der Waals surface area contributed by atoms with Crippen molar-refractivity contribution < 1.29 is 8.42 Å². The van der Waals surface area contributed by atoms with E-state index in [1.165, 1.54) is 0 Å². The van der Waals surface area contributed by atoms with Gasteiger partial charge < -0.3 is 19.9 Å². The predicted octanol–water partition coefficient (Wildman–Crippen LogP) is 3.11. The summed E-state index contributed by atoms with van der Waals surface area (Å²) in [6, 6.07) is 14.4. The molecule has 5 aromatic rings. The molecule has 0 fully saturated rings. The highest BCUT2D eigenvalue weighted by molar-refractivity contribution is 7.88. The molecule has 0 aliphatic carbocycles. The minimum Gasteiger partial charge on any atom is -0.382 e. The van der Waals surface area contributed by atoms with Crippen LogP contribution in [0, 0.1) is 6.92 Å². The molecule has 3 aromatic heterocycles. The molecule has 5 rings (SSSR count). The smallest absolute Gasteiger partial charge is 0.261 e. The lowest BCUT2D eigenvalue weighted by atomic mass is 10.1. The Morgan fingerprint density at radius 1 is 1.14 bits per heavy atom. The molecule has 4 N–H and O–H groups in total. The third kappa shape index (κ3) is 4.92. The number of aromatic amines is 2. The van der Waals surface area contributed by atoms with Crippen molar-refractivity contribution in [2.24, 2.45) is 0 Å². The second kappa shape index (κ2) is 9.44. The summed E-state index contributed by atoms with van der Waals surface area (Å²) in [6.07, 6.45) is 7.95. The Morgan fingerprint density at radius 3 is 2.67 bits per heavy atom. The minimum absolute atomic E-state index is 0.220. The Morgan fingerprint density at radius 2 is 1.94 bits per heavy atom. The number of rotatable bonds is 8. The van der Waals surface area contributed by atoms with E-state index >= 15 is 0 Å². The zero-order valence-corrected chi connectivity index (χ0v) is 20.5. The molecule has 184 valence electrons. The summed E-state index contributed by atoms with van der Waals surface area (Å²) in [4.78, 5) is 27.7. The van der Waals surface area contributed by atoms with Crippen molar-refractivity contribution in [2.45, 2.75) is 13.0 Å². The van der Waals surface area contributed by atoms with Gasteiger partial charge in [0.2, 0.25) is 10.0 Å². The quantitative estimate of drug-likeness (QED) is 0.257. The van der Waals surface area contributed by atoms with Crippen molar-refractivity contribution in [1.82, 2.24) is 29.2 Å². The summed E-state index contributed by atoms with van der Waals surface area (Å²) >= 11 is 0. The maximum atomic E-state index is 12.9. The predicted molar refractivity (Wildman–Crippen MR) is 140 cm³/mol. The van der Waals surface area contributed by atoms with Crippen LogP contribution in [-0.2, 0) is 10.0 Å². The summed E-state index contributed by atoms with van der Waals surface area (Å²) in [7, 11) is -3.47. The van der Waals surface area contributed by atoms with Gasteiger partial charge in [0.05, 0.1) is 35.3 Å². The number of nitrogens with one attached hydrogen (secondary N) is 4. The number of fused-ring (bicyclic) bond motifs is 1. The van der Waals surface area contributed by atoms with E-state index < -0.39 is 16.1 Å². The number of pyridine rings is 1. The van der Waals surface area contributed by atoms with E-state index in [2.05, 4.69) is 25.0 Å². The van der Waals surface area contributed by atoms with Crippen LogP contribution in [0.25, 0.3) is 28.1 Å². The Kier molecular flexibility index (Phi) is 6.17.